The summed E-state index contributed by atoms with van der Waals surface area (Å²) >= 11 is 0. The summed E-state index contributed by atoms with van der Waals surface area (Å²) in [4.78, 5) is 50.9. The van der Waals surface area contributed by atoms with Gasteiger partial charge in [0.15, 0.2) is 12.6 Å². The summed E-state index contributed by atoms with van der Waals surface area (Å²) in [6, 6.07) is -1.37. The number of hydrogen-bond donors (Lipinski definition) is 7. The first-order valence-corrected chi connectivity index (χ1v) is 22.4. The number of aliphatic hydroxyl groups excluding tert-OH is 5. The molecule has 15 atom stereocenters. The van der Waals surface area contributed by atoms with Crippen molar-refractivity contribution in [3.8, 4) is 0 Å². The molecule has 2 saturated carbocycles. The van der Waals surface area contributed by atoms with Crippen LogP contribution >= 0.6 is 0 Å². The molecule has 2 amide bonds. The van der Waals surface area contributed by atoms with Gasteiger partial charge in [-0.2, -0.15) is 0 Å². The standard InChI is InChI=1S/C39H64N2O18S.2Na/c1-4-23-17-24(25(44)12-8-14-40-29(45)13-9-15-60(52,53)54)18-26(35(23)59-39-34(49)33(48)31(46)20(2)55-39)57-38-30(41-21(3)43)36(32(47)28(19-42)58-38)56-27(37(50)51)16-22-10-6-5-7-11-22;;/h9,13,20,22-24,26-28,30-36,38-39,42,46-49H,4-8,10-12,14-19H2,1-3H3,(H,40,45)(H,41,43)(H,50,51)(H,52,53,54);;/q;2*+1/p-2/b13-9+;;/t20?,23?,24?,26-,27+,28?,30?,31-,32+,33?,34+,35-,36?,38-,39+;;/m1../s1. The number of ketones is 1. The molecule has 0 radical (unpaired) electrons. The van der Waals surface area contributed by atoms with Gasteiger partial charge >= 0.3 is 59.1 Å². The molecule has 344 valence electrons. The molecule has 7 unspecified atom stereocenters. The van der Waals surface area contributed by atoms with E-state index >= 15 is 0 Å². The fourth-order valence-corrected chi connectivity index (χ4v) is 8.96. The van der Waals surface area contributed by atoms with Gasteiger partial charge in [-0.3, -0.25) is 14.4 Å². The van der Waals surface area contributed by atoms with E-state index in [0.717, 1.165) is 44.3 Å². The molecule has 4 fully saturated rings. The summed E-state index contributed by atoms with van der Waals surface area (Å²) in [6.07, 6.45) is -9.66. The largest absolute Gasteiger partial charge is 1.00 e. The first-order valence-electron chi connectivity index (χ1n) is 20.8. The van der Waals surface area contributed by atoms with Crippen LogP contribution in [0.25, 0.3) is 0 Å². The number of amides is 2. The summed E-state index contributed by atoms with van der Waals surface area (Å²) < 4.78 is 63.2. The second kappa shape index (κ2) is 27.2. The Labute approximate surface area is 406 Å². The normalized spacial score (nSPS) is 34.9. The first kappa shape index (κ1) is 57.5. The van der Waals surface area contributed by atoms with Gasteiger partial charge < -0.3 is 74.3 Å². The zero-order valence-electron chi connectivity index (χ0n) is 36.2. The van der Waals surface area contributed by atoms with Crippen LogP contribution in [0.3, 0.4) is 0 Å². The Bertz CT molecular complexity index is 1570. The van der Waals surface area contributed by atoms with Crippen LogP contribution in [-0.2, 0) is 53.0 Å². The molecule has 2 saturated heterocycles. The fourth-order valence-electron chi connectivity index (χ4n) is 8.63. The third kappa shape index (κ3) is 16.9. The number of carbonyl (C=O) groups is 4. The van der Waals surface area contributed by atoms with Gasteiger partial charge in [-0.05, 0) is 50.5 Å². The van der Waals surface area contributed by atoms with Gasteiger partial charge in [0, 0.05) is 25.8 Å². The van der Waals surface area contributed by atoms with Crippen molar-refractivity contribution in [2.75, 3.05) is 18.9 Å². The van der Waals surface area contributed by atoms with Gasteiger partial charge in [0.05, 0.1) is 52.9 Å². The minimum atomic E-state index is -4.54. The van der Waals surface area contributed by atoms with Crippen LogP contribution in [0.5, 0.6) is 0 Å². The Morgan fingerprint density at radius 1 is 0.919 bits per heavy atom. The quantitative estimate of drug-likeness (QED) is 0.0258. The smallest absolute Gasteiger partial charge is 0.748 e. The average Bonchev–Trinajstić information content (AvgIpc) is 3.19. The molecule has 20 nitrogen and oxygen atoms in total. The molecule has 4 rings (SSSR count). The Hall–Kier alpha value is -0.670. The first-order chi connectivity index (χ1) is 28.3. The van der Waals surface area contributed by atoms with Gasteiger partial charge in [0.1, 0.15) is 48.4 Å². The maximum atomic E-state index is 13.8. The molecule has 2 heterocycles. The minimum absolute atomic E-state index is 0. The number of carboxylic acid groups (broad SMARTS) is 1. The molecule has 0 bridgehead atoms. The fraction of sp³-hybridized carbons (Fsp3) is 0.846. The zero-order valence-corrected chi connectivity index (χ0v) is 41.1. The number of rotatable bonds is 20. The van der Waals surface area contributed by atoms with Crippen molar-refractivity contribution in [2.24, 2.45) is 17.8 Å². The van der Waals surface area contributed by atoms with Crippen molar-refractivity contribution in [1.82, 2.24) is 10.6 Å². The van der Waals surface area contributed by atoms with Gasteiger partial charge in [-0.1, -0.05) is 51.5 Å². The Morgan fingerprint density at radius 3 is 2.19 bits per heavy atom. The van der Waals surface area contributed by atoms with E-state index in [1.54, 1.807) is 0 Å². The van der Waals surface area contributed by atoms with E-state index in [1.807, 2.05) is 6.92 Å². The number of carbonyl (C=O) groups excluding carboxylic acids is 4. The third-order valence-corrected chi connectivity index (χ3v) is 12.5. The molecule has 62 heavy (non-hydrogen) atoms. The topological polar surface area (TPSA) is 320 Å². The predicted molar refractivity (Wildman–Crippen MR) is 204 cm³/mol. The van der Waals surface area contributed by atoms with Crippen molar-refractivity contribution < 1.29 is 146 Å². The van der Waals surface area contributed by atoms with Crippen molar-refractivity contribution >= 4 is 33.7 Å². The van der Waals surface area contributed by atoms with Crippen LogP contribution in [0.15, 0.2) is 12.2 Å². The molecule has 0 spiro atoms. The Morgan fingerprint density at radius 2 is 1.60 bits per heavy atom. The van der Waals surface area contributed by atoms with E-state index in [9.17, 15) is 62.8 Å². The van der Waals surface area contributed by atoms with Crippen LogP contribution in [0.1, 0.15) is 91.4 Å². The minimum Gasteiger partial charge on any atom is -0.748 e. The van der Waals surface area contributed by atoms with E-state index < -0.39 is 132 Å². The van der Waals surface area contributed by atoms with E-state index in [2.05, 4.69) is 10.6 Å². The van der Waals surface area contributed by atoms with Crippen molar-refractivity contribution in [2.45, 2.75) is 171 Å². The van der Waals surface area contributed by atoms with Gasteiger partial charge in [-0.25, -0.2) is 8.42 Å². The summed E-state index contributed by atoms with van der Waals surface area (Å²) in [7, 11) is -4.54. The number of hydrogen-bond acceptors (Lipinski definition) is 18. The average molecular weight is 925 g/mol. The molecule has 0 aromatic heterocycles. The molecular formula is C39H62N2Na2O18S. The third-order valence-electron chi connectivity index (χ3n) is 11.9. The number of Topliss-reactive ketones (excluding diaryl/α,β-unsaturated/α-hetero) is 1. The number of carboxylic acids is 1. The second-order valence-corrected chi connectivity index (χ2v) is 17.8. The number of ether oxygens (including phenoxy) is 5. The number of nitrogens with one attached hydrogen (secondary N) is 2. The number of aliphatic carboxylic acids is 1. The maximum Gasteiger partial charge on any atom is 1.00 e. The molecule has 4 aliphatic rings. The predicted octanol–water partition coefficient (Wildman–Crippen LogP) is -8.35. The van der Waals surface area contributed by atoms with Gasteiger partial charge in [-0.15, -0.1) is 0 Å². The van der Waals surface area contributed by atoms with Crippen LogP contribution in [0, 0.1) is 17.8 Å². The zero-order chi connectivity index (χ0) is 44.3. The summed E-state index contributed by atoms with van der Waals surface area (Å²) in [5.41, 5.74) is 0. The Balaban J connectivity index is 0.00000661. The molecule has 0 aromatic rings. The van der Waals surface area contributed by atoms with E-state index in [0.29, 0.717) is 6.42 Å². The van der Waals surface area contributed by atoms with E-state index in [-0.39, 0.29) is 109 Å². The molecule has 2 aliphatic carbocycles. The molecular weight excluding hydrogens is 862 g/mol. The van der Waals surface area contributed by atoms with Crippen LogP contribution in [0.2, 0.25) is 0 Å². The molecule has 7 N–H and O–H groups in total. The van der Waals surface area contributed by atoms with E-state index in [1.165, 1.54) is 13.8 Å². The van der Waals surface area contributed by atoms with Crippen molar-refractivity contribution in [3.05, 3.63) is 12.2 Å². The monoisotopic (exact) mass is 924 g/mol. The van der Waals surface area contributed by atoms with Crippen molar-refractivity contribution in [3.63, 3.8) is 0 Å². The molecule has 2 aliphatic heterocycles. The summed E-state index contributed by atoms with van der Waals surface area (Å²) in [6.45, 7) is 3.78. The van der Waals surface area contributed by atoms with Crippen LogP contribution < -0.4 is 74.9 Å². The summed E-state index contributed by atoms with van der Waals surface area (Å²) in [5.74, 6) is -4.99. The SMILES string of the molecule is CCC1CC(C(=O)CCCNC(=O)/C=C/CS(=O)(=O)[O-])C[C@@H](O[C@@H]2OC(CO)[C@H](O)C(O[C@@H](CC3CCCCC3)C(=O)[O-])C2NC(C)=O)[C@@H]1O[C@@H]1OC(C)[C@@H](O)C(O)[C@@H]1O.[Na+].[Na+]. The van der Waals surface area contributed by atoms with Gasteiger partial charge in [0.2, 0.25) is 11.8 Å². The second-order valence-electron chi connectivity index (χ2n) is 16.4. The Kier molecular flexibility index (Phi) is 25.2. The van der Waals surface area contributed by atoms with Crippen LogP contribution in [-0.4, -0.2) is 161 Å². The van der Waals surface area contributed by atoms with Gasteiger partial charge in [0.25, 0.3) is 0 Å². The maximum absolute atomic E-state index is 13.8. The van der Waals surface area contributed by atoms with Crippen LogP contribution in [0.4, 0.5) is 0 Å². The molecule has 0 aromatic carbocycles. The van der Waals surface area contributed by atoms with Crippen molar-refractivity contribution in [1.29, 1.82) is 0 Å². The van der Waals surface area contributed by atoms with E-state index in [4.69, 9.17) is 23.7 Å². The summed E-state index contributed by atoms with van der Waals surface area (Å²) in [5, 5.41) is 71.1. The number of aliphatic hydroxyl groups is 5. The molecule has 23 heteroatoms.